The molecule has 3 heteroatoms. The number of hydrogen-bond donors (Lipinski definition) is 1. The standard InChI is InChI=1S/C16H16BrFO/c1-2-16(19,13-6-4-7-14(17)10-13)11-12-5-3-8-15(18)9-12/h3-10,19H,2,11H2,1H3. The number of aliphatic hydroxyl groups is 1. The molecule has 0 radical (unpaired) electrons. The summed E-state index contributed by atoms with van der Waals surface area (Å²) in [6.45, 7) is 1.93. The van der Waals surface area contributed by atoms with Gasteiger partial charge in [-0.2, -0.15) is 0 Å². The number of rotatable bonds is 4. The average molecular weight is 323 g/mol. The fourth-order valence-electron chi connectivity index (χ4n) is 2.19. The average Bonchev–Trinajstić information content (AvgIpc) is 2.38. The summed E-state index contributed by atoms with van der Waals surface area (Å²) in [6, 6.07) is 14.0. The van der Waals surface area contributed by atoms with Crippen LogP contribution in [0.25, 0.3) is 0 Å². The Morgan fingerprint density at radius 2 is 1.89 bits per heavy atom. The number of hydrogen-bond acceptors (Lipinski definition) is 1. The smallest absolute Gasteiger partial charge is 0.123 e. The van der Waals surface area contributed by atoms with Gasteiger partial charge in [-0.3, -0.25) is 0 Å². The third-order valence-electron chi connectivity index (χ3n) is 3.33. The molecule has 19 heavy (non-hydrogen) atoms. The van der Waals surface area contributed by atoms with Gasteiger partial charge in [0, 0.05) is 10.9 Å². The van der Waals surface area contributed by atoms with Crippen LogP contribution in [0.1, 0.15) is 24.5 Å². The van der Waals surface area contributed by atoms with Gasteiger partial charge in [-0.15, -0.1) is 0 Å². The summed E-state index contributed by atoms with van der Waals surface area (Å²) in [6.07, 6.45) is 0.970. The normalized spacial score (nSPS) is 14.1. The van der Waals surface area contributed by atoms with E-state index in [1.807, 2.05) is 37.3 Å². The molecule has 0 heterocycles. The van der Waals surface area contributed by atoms with Crippen LogP contribution < -0.4 is 0 Å². The zero-order chi connectivity index (χ0) is 13.9. The Kier molecular flexibility index (Phi) is 4.38. The molecule has 0 aliphatic heterocycles. The highest BCUT2D eigenvalue weighted by Gasteiger charge is 2.27. The van der Waals surface area contributed by atoms with Crippen LogP contribution in [0.5, 0.6) is 0 Å². The third-order valence-corrected chi connectivity index (χ3v) is 3.83. The Labute approximate surface area is 121 Å². The van der Waals surface area contributed by atoms with Crippen LogP contribution in [0.4, 0.5) is 4.39 Å². The molecule has 1 unspecified atom stereocenters. The molecule has 1 N–H and O–H groups in total. The predicted octanol–water partition coefficient (Wildman–Crippen LogP) is 4.43. The lowest BCUT2D eigenvalue weighted by atomic mass is 9.85. The SMILES string of the molecule is CCC(O)(Cc1cccc(F)c1)c1cccc(Br)c1. The molecule has 0 aromatic heterocycles. The maximum atomic E-state index is 13.2. The molecule has 2 aromatic carbocycles. The first-order valence-electron chi connectivity index (χ1n) is 6.26. The third kappa shape index (κ3) is 3.43. The fourth-order valence-corrected chi connectivity index (χ4v) is 2.59. The quantitative estimate of drug-likeness (QED) is 0.882. The Balaban J connectivity index is 2.32. The van der Waals surface area contributed by atoms with Gasteiger partial charge in [0.1, 0.15) is 5.82 Å². The van der Waals surface area contributed by atoms with Crippen LogP contribution in [0, 0.1) is 5.82 Å². The molecule has 1 nitrogen and oxygen atoms in total. The van der Waals surface area contributed by atoms with Crippen LogP contribution in [0.3, 0.4) is 0 Å². The van der Waals surface area contributed by atoms with Crippen molar-refractivity contribution in [2.45, 2.75) is 25.4 Å². The molecule has 0 saturated heterocycles. The molecule has 2 rings (SSSR count). The number of halogens is 2. The second kappa shape index (κ2) is 5.85. The summed E-state index contributed by atoms with van der Waals surface area (Å²) in [5.74, 6) is -0.273. The lowest BCUT2D eigenvalue weighted by molar-refractivity contribution is 0.0326. The maximum Gasteiger partial charge on any atom is 0.123 e. The van der Waals surface area contributed by atoms with Crippen molar-refractivity contribution in [2.24, 2.45) is 0 Å². The van der Waals surface area contributed by atoms with Crippen LogP contribution in [-0.2, 0) is 12.0 Å². The van der Waals surface area contributed by atoms with Crippen LogP contribution in [-0.4, -0.2) is 5.11 Å². The van der Waals surface area contributed by atoms with Gasteiger partial charge < -0.3 is 5.11 Å². The van der Waals surface area contributed by atoms with E-state index < -0.39 is 5.60 Å². The van der Waals surface area contributed by atoms with E-state index in [1.165, 1.54) is 12.1 Å². The van der Waals surface area contributed by atoms with Crippen molar-refractivity contribution in [3.8, 4) is 0 Å². The topological polar surface area (TPSA) is 20.2 Å². The molecule has 0 aliphatic rings. The summed E-state index contributed by atoms with van der Waals surface area (Å²) in [5, 5.41) is 10.8. The van der Waals surface area contributed by atoms with Crippen LogP contribution in [0.15, 0.2) is 53.0 Å². The minimum atomic E-state index is -0.975. The van der Waals surface area contributed by atoms with E-state index in [0.717, 1.165) is 15.6 Å². The van der Waals surface area contributed by atoms with Gasteiger partial charge in [0.05, 0.1) is 5.60 Å². The summed E-state index contributed by atoms with van der Waals surface area (Å²) in [5.41, 5.74) is 0.662. The van der Waals surface area contributed by atoms with E-state index in [0.29, 0.717) is 12.8 Å². The molecule has 0 fully saturated rings. The minimum absolute atomic E-state index is 0.273. The van der Waals surface area contributed by atoms with E-state index >= 15 is 0 Å². The summed E-state index contributed by atoms with van der Waals surface area (Å²) in [4.78, 5) is 0. The molecule has 100 valence electrons. The summed E-state index contributed by atoms with van der Waals surface area (Å²) < 4.78 is 14.2. The Hall–Kier alpha value is -1.19. The van der Waals surface area contributed by atoms with Gasteiger partial charge in [-0.1, -0.05) is 47.1 Å². The maximum absolute atomic E-state index is 13.2. The highest BCUT2D eigenvalue weighted by molar-refractivity contribution is 9.10. The first kappa shape index (κ1) is 14.2. The van der Waals surface area contributed by atoms with Crippen molar-refractivity contribution in [1.29, 1.82) is 0 Å². The first-order chi connectivity index (χ1) is 9.03. The highest BCUT2D eigenvalue weighted by Crippen LogP contribution is 2.31. The van der Waals surface area contributed by atoms with Crippen molar-refractivity contribution in [3.63, 3.8) is 0 Å². The summed E-state index contributed by atoms with van der Waals surface area (Å²) >= 11 is 3.41. The molecule has 0 amide bonds. The lowest BCUT2D eigenvalue weighted by Crippen LogP contribution is -2.27. The van der Waals surface area contributed by atoms with Crippen molar-refractivity contribution in [1.82, 2.24) is 0 Å². The Morgan fingerprint density at radius 1 is 1.16 bits per heavy atom. The van der Waals surface area contributed by atoms with E-state index in [1.54, 1.807) is 6.07 Å². The van der Waals surface area contributed by atoms with Crippen molar-refractivity contribution in [3.05, 3.63) is 69.9 Å². The van der Waals surface area contributed by atoms with Crippen molar-refractivity contribution >= 4 is 15.9 Å². The molecule has 0 spiro atoms. The first-order valence-corrected chi connectivity index (χ1v) is 7.06. The van der Waals surface area contributed by atoms with E-state index in [-0.39, 0.29) is 5.82 Å². The molecule has 0 saturated carbocycles. The van der Waals surface area contributed by atoms with Crippen molar-refractivity contribution in [2.75, 3.05) is 0 Å². The van der Waals surface area contributed by atoms with Gasteiger partial charge in [-0.05, 0) is 41.8 Å². The van der Waals surface area contributed by atoms with E-state index in [9.17, 15) is 9.50 Å². The summed E-state index contributed by atoms with van der Waals surface area (Å²) in [7, 11) is 0. The molecule has 2 aromatic rings. The zero-order valence-corrected chi connectivity index (χ0v) is 12.3. The second-order valence-corrected chi connectivity index (χ2v) is 5.62. The van der Waals surface area contributed by atoms with E-state index in [4.69, 9.17) is 0 Å². The van der Waals surface area contributed by atoms with Gasteiger partial charge in [-0.25, -0.2) is 4.39 Å². The highest BCUT2D eigenvalue weighted by atomic mass is 79.9. The largest absolute Gasteiger partial charge is 0.385 e. The number of benzene rings is 2. The lowest BCUT2D eigenvalue weighted by Gasteiger charge is -2.28. The van der Waals surface area contributed by atoms with Crippen LogP contribution in [0.2, 0.25) is 0 Å². The minimum Gasteiger partial charge on any atom is -0.385 e. The monoisotopic (exact) mass is 322 g/mol. The van der Waals surface area contributed by atoms with Crippen molar-refractivity contribution < 1.29 is 9.50 Å². The fraction of sp³-hybridized carbons (Fsp3) is 0.250. The molecular weight excluding hydrogens is 307 g/mol. The molecule has 0 aliphatic carbocycles. The molecular formula is C16H16BrFO. The van der Waals surface area contributed by atoms with Gasteiger partial charge >= 0.3 is 0 Å². The predicted molar refractivity (Wildman–Crippen MR) is 78.4 cm³/mol. The zero-order valence-electron chi connectivity index (χ0n) is 10.7. The van der Waals surface area contributed by atoms with Gasteiger partial charge in [0.15, 0.2) is 0 Å². The van der Waals surface area contributed by atoms with Crippen LogP contribution >= 0.6 is 15.9 Å². The Bertz CT molecular complexity index is 570. The molecule has 0 bridgehead atoms. The van der Waals surface area contributed by atoms with Gasteiger partial charge in [0.2, 0.25) is 0 Å². The second-order valence-electron chi connectivity index (χ2n) is 4.70. The Morgan fingerprint density at radius 3 is 2.53 bits per heavy atom. The molecule has 1 atom stereocenters. The van der Waals surface area contributed by atoms with Gasteiger partial charge in [0.25, 0.3) is 0 Å². The van der Waals surface area contributed by atoms with E-state index in [2.05, 4.69) is 15.9 Å².